The number of Topliss-reactive ketones (excluding diaryl/α,β-unsaturated/α-hetero) is 1. The van der Waals surface area contributed by atoms with Crippen molar-refractivity contribution in [1.82, 2.24) is 4.90 Å². The molecule has 3 rings (SSSR count). The molecule has 24 heavy (non-hydrogen) atoms. The number of carbonyl (C=O) groups is 2. The molecule has 2 aromatic rings. The van der Waals surface area contributed by atoms with Gasteiger partial charge in [0.2, 0.25) is 5.91 Å². The lowest BCUT2D eigenvalue weighted by molar-refractivity contribution is -0.131. The van der Waals surface area contributed by atoms with Crippen LogP contribution in [0.3, 0.4) is 0 Å². The van der Waals surface area contributed by atoms with Crippen molar-refractivity contribution in [3.8, 4) is 0 Å². The first-order valence-electron chi connectivity index (χ1n) is 7.99. The topological polar surface area (TPSA) is 40.6 Å². The number of benzene rings is 1. The molecule has 1 amide bonds. The monoisotopic (exact) mass is 346 g/mol. The Morgan fingerprint density at radius 3 is 2.42 bits per heavy atom. The molecule has 1 aromatic heterocycles. The lowest BCUT2D eigenvalue weighted by Gasteiger charge is -2.36. The molecule has 0 bridgehead atoms. The molecule has 126 valence electrons. The van der Waals surface area contributed by atoms with Crippen LogP contribution in [-0.2, 0) is 4.79 Å². The maximum atomic E-state index is 13.8. The van der Waals surface area contributed by atoms with E-state index in [0.29, 0.717) is 36.7 Å². The van der Waals surface area contributed by atoms with Crippen LogP contribution in [-0.4, -0.2) is 42.8 Å². The molecule has 0 aliphatic carbocycles. The van der Waals surface area contributed by atoms with Gasteiger partial charge in [-0.2, -0.15) is 0 Å². The number of halogens is 1. The van der Waals surface area contributed by atoms with Crippen molar-refractivity contribution in [3.05, 3.63) is 52.5 Å². The number of anilines is 1. The Kier molecular flexibility index (Phi) is 5.25. The minimum absolute atomic E-state index is 0.00640. The van der Waals surface area contributed by atoms with E-state index in [1.807, 2.05) is 22.4 Å². The number of hydrogen-bond acceptors (Lipinski definition) is 4. The minimum atomic E-state index is -0.237. The molecular weight excluding hydrogens is 327 g/mol. The lowest BCUT2D eigenvalue weighted by atomic mass is 10.1. The van der Waals surface area contributed by atoms with E-state index in [-0.39, 0.29) is 30.3 Å². The third kappa shape index (κ3) is 3.82. The number of amides is 1. The molecule has 1 aliphatic rings. The number of ketones is 1. The van der Waals surface area contributed by atoms with E-state index in [1.54, 1.807) is 23.1 Å². The van der Waals surface area contributed by atoms with Crippen LogP contribution in [0.5, 0.6) is 0 Å². The van der Waals surface area contributed by atoms with Crippen LogP contribution in [0.15, 0.2) is 41.8 Å². The van der Waals surface area contributed by atoms with Crippen molar-refractivity contribution >= 4 is 28.7 Å². The molecule has 1 saturated heterocycles. The Morgan fingerprint density at radius 2 is 1.75 bits per heavy atom. The van der Waals surface area contributed by atoms with Crippen LogP contribution >= 0.6 is 11.3 Å². The van der Waals surface area contributed by atoms with E-state index >= 15 is 0 Å². The van der Waals surface area contributed by atoms with Crippen LogP contribution in [0, 0.1) is 5.82 Å². The predicted octanol–water partition coefficient (Wildman–Crippen LogP) is 3.20. The average Bonchev–Trinajstić information content (AvgIpc) is 3.15. The molecule has 6 heteroatoms. The average molecular weight is 346 g/mol. The molecular formula is C18H19FN2O2S. The van der Waals surface area contributed by atoms with Gasteiger partial charge in [0.15, 0.2) is 5.78 Å². The SMILES string of the molecule is O=C(CCC(=O)N1CCN(c2ccccc2F)CC1)c1cccs1. The Bertz CT molecular complexity index is 710. The molecule has 0 radical (unpaired) electrons. The Balaban J connectivity index is 1.48. The van der Waals surface area contributed by atoms with E-state index in [9.17, 15) is 14.0 Å². The number of rotatable bonds is 5. The quantitative estimate of drug-likeness (QED) is 0.781. The van der Waals surface area contributed by atoms with E-state index < -0.39 is 0 Å². The third-order valence-electron chi connectivity index (χ3n) is 4.19. The first kappa shape index (κ1) is 16.6. The Morgan fingerprint density at radius 1 is 1.00 bits per heavy atom. The summed E-state index contributed by atoms with van der Waals surface area (Å²) in [6, 6.07) is 10.3. The van der Waals surface area contributed by atoms with E-state index in [4.69, 9.17) is 0 Å². The van der Waals surface area contributed by atoms with Crippen molar-refractivity contribution in [2.45, 2.75) is 12.8 Å². The highest BCUT2D eigenvalue weighted by Crippen LogP contribution is 2.20. The van der Waals surface area contributed by atoms with Crippen molar-refractivity contribution in [1.29, 1.82) is 0 Å². The fourth-order valence-corrected chi connectivity index (χ4v) is 3.54. The Labute approximate surface area is 144 Å². The summed E-state index contributed by atoms with van der Waals surface area (Å²) in [5.74, 6) is -0.227. The molecule has 1 aromatic carbocycles. The second kappa shape index (κ2) is 7.57. The standard InChI is InChI=1S/C18H19FN2O2S/c19-14-4-1-2-5-15(14)20-9-11-21(12-10-20)18(23)8-7-16(22)17-6-3-13-24-17/h1-6,13H,7-12H2. The molecule has 0 saturated carbocycles. The summed E-state index contributed by atoms with van der Waals surface area (Å²) in [6.07, 6.45) is 0.476. The zero-order valence-corrected chi connectivity index (χ0v) is 14.1. The normalized spacial score (nSPS) is 14.7. The summed E-state index contributed by atoms with van der Waals surface area (Å²) >= 11 is 1.40. The van der Waals surface area contributed by atoms with Gasteiger partial charge in [0.1, 0.15) is 5.82 Å². The molecule has 4 nitrogen and oxygen atoms in total. The van der Waals surface area contributed by atoms with E-state index in [0.717, 1.165) is 0 Å². The van der Waals surface area contributed by atoms with Gasteiger partial charge in [0, 0.05) is 39.0 Å². The largest absolute Gasteiger partial charge is 0.366 e. The van der Waals surface area contributed by atoms with Gasteiger partial charge in [-0.1, -0.05) is 18.2 Å². The van der Waals surface area contributed by atoms with Gasteiger partial charge in [-0.15, -0.1) is 11.3 Å². The van der Waals surface area contributed by atoms with Crippen LogP contribution in [0.4, 0.5) is 10.1 Å². The lowest BCUT2D eigenvalue weighted by Crippen LogP contribution is -2.49. The van der Waals surface area contributed by atoms with Crippen LogP contribution in [0.1, 0.15) is 22.5 Å². The van der Waals surface area contributed by atoms with Gasteiger partial charge >= 0.3 is 0 Å². The Hall–Kier alpha value is -2.21. The van der Waals surface area contributed by atoms with E-state index in [2.05, 4.69) is 0 Å². The zero-order chi connectivity index (χ0) is 16.9. The summed E-state index contributed by atoms with van der Waals surface area (Å²) in [4.78, 5) is 28.6. The maximum Gasteiger partial charge on any atom is 0.223 e. The molecule has 0 N–H and O–H groups in total. The summed E-state index contributed by atoms with van der Waals surface area (Å²) < 4.78 is 13.8. The van der Waals surface area contributed by atoms with Crippen molar-refractivity contribution < 1.29 is 14.0 Å². The maximum absolute atomic E-state index is 13.8. The first-order valence-corrected chi connectivity index (χ1v) is 8.87. The molecule has 0 spiro atoms. The van der Waals surface area contributed by atoms with Crippen molar-refractivity contribution in [2.75, 3.05) is 31.1 Å². The molecule has 0 atom stereocenters. The summed E-state index contributed by atoms with van der Waals surface area (Å²) in [5, 5.41) is 1.86. The number of carbonyl (C=O) groups excluding carboxylic acids is 2. The highest BCUT2D eigenvalue weighted by atomic mass is 32.1. The highest BCUT2D eigenvalue weighted by Gasteiger charge is 2.23. The predicted molar refractivity (Wildman–Crippen MR) is 93.1 cm³/mol. The van der Waals surface area contributed by atoms with Gasteiger partial charge in [0.05, 0.1) is 10.6 Å². The van der Waals surface area contributed by atoms with Gasteiger partial charge in [-0.25, -0.2) is 4.39 Å². The highest BCUT2D eigenvalue weighted by molar-refractivity contribution is 7.12. The molecule has 1 fully saturated rings. The minimum Gasteiger partial charge on any atom is -0.366 e. The first-order chi connectivity index (χ1) is 11.6. The van der Waals surface area contributed by atoms with Gasteiger partial charge < -0.3 is 9.80 Å². The van der Waals surface area contributed by atoms with Gasteiger partial charge in [-0.3, -0.25) is 9.59 Å². The fourth-order valence-electron chi connectivity index (χ4n) is 2.84. The summed E-state index contributed by atoms with van der Waals surface area (Å²) in [7, 11) is 0. The number of thiophene rings is 1. The second-order valence-electron chi connectivity index (χ2n) is 5.72. The smallest absolute Gasteiger partial charge is 0.223 e. The van der Waals surface area contributed by atoms with Crippen molar-refractivity contribution in [2.24, 2.45) is 0 Å². The fraction of sp³-hybridized carbons (Fsp3) is 0.333. The molecule has 0 unspecified atom stereocenters. The number of nitrogens with zero attached hydrogens (tertiary/aromatic N) is 2. The summed E-state index contributed by atoms with van der Waals surface area (Å²) in [5.41, 5.74) is 0.581. The van der Waals surface area contributed by atoms with Gasteiger partial charge in [-0.05, 0) is 23.6 Å². The van der Waals surface area contributed by atoms with Crippen LogP contribution in [0.2, 0.25) is 0 Å². The number of piperazine rings is 1. The number of para-hydroxylation sites is 1. The molecule has 1 aliphatic heterocycles. The van der Waals surface area contributed by atoms with Gasteiger partial charge in [0.25, 0.3) is 0 Å². The van der Waals surface area contributed by atoms with Crippen molar-refractivity contribution in [3.63, 3.8) is 0 Å². The summed E-state index contributed by atoms with van der Waals surface area (Å²) in [6.45, 7) is 2.32. The van der Waals surface area contributed by atoms with Crippen LogP contribution < -0.4 is 4.90 Å². The van der Waals surface area contributed by atoms with E-state index in [1.165, 1.54) is 17.4 Å². The third-order valence-corrected chi connectivity index (χ3v) is 5.10. The zero-order valence-electron chi connectivity index (χ0n) is 13.3. The molecule has 2 heterocycles. The second-order valence-corrected chi connectivity index (χ2v) is 6.67. The van der Waals surface area contributed by atoms with Crippen LogP contribution in [0.25, 0.3) is 0 Å². The number of hydrogen-bond donors (Lipinski definition) is 0.